The first-order valence-corrected chi connectivity index (χ1v) is 26.8. The zero-order valence-electron chi connectivity index (χ0n) is 32.1. The molecule has 6 unspecified atom stereocenters. The highest BCUT2D eigenvalue weighted by Gasteiger charge is 2.43. The number of hydrogen-bond acceptors (Lipinski definition) is 9. The Bertz CT molecular complexity index is 1530. The van der Waals surface area contributed by atoms with Gasteiger partial charge in [0.2, 0.25) is 0 Å². The van der Waals surface area contributed by atoms with Crippen molar-refractivity contribution in [3.05, 3.63) is 35.8 Å². The lowest BCUT2D eigenvalue weighted by Crippen LogP contribution is -2.33. The van der Waals surface area contributed by atoms with Gasteiger partial charge >= 0.3 is 0 Å². The quantitative estimate of drug-likeness (QED) is 0.118. The molecule has 7 rings (SSSR count). The minimum absolute atomic E-state index is 0.133. The maximum Gasteiger partial charge on any atom is 0.157 e. The SMILES string of the molecule is C[Si](C)(C)CCOCN(COCC[Si](C)(C)C)c1cc(C2CC3CCC2C3)nc2ccnn12.N#CCC(=O)C1CC2CCC1C2.NC1=CC=NC1. The minimum Gasteiger partial charge on any atom is -0.400 e. The average molecular weight is 734 g/mol. The van der Waals surface area contributed by atoms with Crippen LogP contribution in [-0.4, -0.2) is 76.0 Å². The third kappa shape index (κ3) is 11.6. The first kappa shape index (κ1) is 39.4. The van der Waals surface area contributed by atoms with Crippen molar-refractivity contribution in [2.24, 2.45) is 40.3 Å². The molecule has 4 saturated carbocycles. The number of ether oxygens (including phenoxy) is 2. The third-order valence-corrected chi connectivity index (χ3v) is 14.8. The standard InChI is InChI=1S/C25H44N4O2Si2.C10H13NO.C4H6N2/c1-32(2,3)13-11-30-18-28(19-31-12-14-33(4,5)6)25-17-23(27-24-9-10-26-29(24)25)22-16-20-7-8-21(22)15-20;11-4-3-10(12)9-6-7-1-2-8(9)5-7;5-4-1-2-6-3-4/h9-10,17,20-22H,7-8,11-16,18-19H2,1-6H3;7-9H,1-3,5-6H2;1-2H,3,5H2. The molecule has 10 nitrogen and oxygen atoms in total. The Morgan fingerprint density at radius 3 is 2.08 bits per heavy atom. The predicted octanol–water partition coefficient (Wildman–Crippen LogP) is 7.88. The molecule has 2 aromatic heterocycles. The van der Waals surface area contributed by atoms with E-state index in [1.807, 2.05) is 22.8 Å². The molecule has 1 aliphatic heterocycles. The van der Waals surface area contributed by atoms with Crippen molar-refractivity contribution in [3.8, 4) is 6.07 Å². The topological polar surface area (TPSA) is 131 Å². The number of anilines is 1. The van der Waals surface area contributed by atoms with Crippen molar-refractivity contribution >= 4 is 39.6 Å². The second kappa shape index (κ2) is 17.8. The number of nitrogens with two attached hydrogens (primary N) is 1. The maximum absolute atomic E-state index is 11.4. The van der Waals surface area contributed by atoms with Gasteiger partial charge in [0, 0.05) is 70.9 Å². The molecule has 0 radical (unpaired) electrons. The van der Waals surface area contributed by atoms with Gasteiger partial charge in [-0.05, 0) is 80.4 Å². The van der Waals surface area contributed by atoms with Gasteiger partial charge in [0.15, 0.2) is 5.65 Å². The second-order valence-electron chi connectivity index (χ2n) is 18.0. The lowest BCUT2D eigenvalue weighted by Gasteiger charge is -2.28. The van der Waals surface area contributed by atoms with Gasteiger partial charge in [0.05, 0.1) is 25.2 Å². The summed E-state index contributed by atoms with van der Waals surface area (Å²) in [5.41, 5.74) is 8.29. The third-order valence-electron chi connectivity index (χ3n) is 11.4. The number of rotatable bonds is 14. The van der Waals surface area contributed by atoms with Gasteiger partial charge in [-0.15, -0.1) is 0 Å². The summed E-state index contributed by atoms with van der Waals surface area (Å²) in [6, 6.07) is 8.59. The summed E-state index contributed by atoms with van der Waals surface area (Å²) in [7, 11) is -2.25. The van der Waals surface area contributed by atoms with E-state index in [0.29, 0.717) is 31.8 Å². The molecule has 0 amide bonds. The van der Waals surface area contributed by atoms with E-state index in [-0.39, 0.29) is 18.1 Å². The lowest BCUT2D eigenvalue weighted by molar-refractivity contribution is -0.123. The lowest BCUT2D eigenvalue weighted by atomic mass is 9.85. The van der Waals surface area contributed by atoms with Crippen molar-refractivity contribution < 1.29 is 14.3 Å². The van der Waals surface area contributed by atoms with E-state index in [4.69, 9.17) is 25.5 Å². The van der Waals surface area contributed by atoms with E-state index in [0.717, 1.165) is 54.6 Å². The Kier molecular flexibility index (Phi) is 13.7. The smallest absolute Gasteiger partial charge is 0.157 e. The zero-order valence-corrected chi connectivity index (χ0v) is 34.1. The Labute approximate surface area is 308 Å². The number of fused-ring (bicyclic) bond motifs is 5. The maximum atomic E-state index is 11.4. The molecule has 51 heavy (non-hydrogen) atoms. The summed E-state index contributed by atoms with van der Waals surface area (Å²) >= 11 is 0. The highest BCUT2D eigenvalue weighted by Crippen LogP contribution is 2.53. The van der Waals surface area contributed by atoms with Gasteiger partial charge in [-0.25, -0.2) is 4.98 Å². The summed E-state index contributed by atoms with van der Waals surface area (Å²) in [6.45, 7) is 17.7. The first-order valence-electron chi connectivity index (χ1n) is 19.4. The van der Waals surface area contributed by atoms with Crippen molar-refractivity contribution in [2.45, 2.75) is 115 Å². The van der Waals surface area contributed by atoms with Crippen LogP contribution < -0.4 is 10.6 Å². The molecule has 2 N–H and O–H groups in total. The van der Waals surface area contributed by atoms with Crippen LogP contribution >= 0.6 is 0 Å². The average Bonchev–Trinajstić information content (AvgIpc) is 3.93. The molecular formula is C39H63N7O3Si2. The van der Waals surface area contributed by atoms with Gasteiger partial charge in [0.1, 0.15) is 25.1 Å². The number of ketones is 1. The van der Waals surface area contributed by atoms with Crippen LogP contribution in [0.25, 0.3) is 5.65 Å². The van der Waals surface area contributed by atoms with Crippen LogP contribution in [0.15, 0.2) is 35.1 Å². The Hall–Kier alpha value is -2.86. The Morgan fingerprint density at radius 2 is 1.61 bits per heavy atom. The van der Waals surface area contributed by atoms with E-state index in [9.17, 15) is 4.79 Å². The van der Waals surface area contributed by atoms with Crippen LogP contribution in [0.4, 0.5) is 5.82 Å². The molecule has 2 aromatic rings. The van der Waals surface area contributed by atoms with E-state index >= 15 is 0 Å². The number of hydrogen-bond donors (Lipinski definition) is 1. The van der Waals surface area contributed by atoms with Crippen LogP contribution in [0.5, 0.6) is 0 Å². The van der Waals surface area contributed by atoms with Gasteiger partial charge in [-0.3, -0.25) is 9.79 Å². The Morgan fingerprint density at radius 1 is 0.961 bits per heavy atom. The highest BCUT2D eigenvalue weighted by molar-refractivity contribution is 6.76. The summed E-state index contributed by atoms with van der Waals surface area (Å²) in [4.78, 5) is 22.5. The molecule has 0 aromatic carbocycles. The van der Waals surface area contributed by atoms with Crippen molar-refractivity contribution in [1.82, 2.24) is 14.6 Å². The number of carbonyl (C=O) groups is 1. The van der Waals surface area contributed by atoms with Crippen molar-refractivity contribution in [2.75, 3.05) is 38.1 Å². The van der Waals surface area contributed by atoms with Gasteiger partial charge in [-0.1, -0.05) is 52.1 Å². The minimum atomic E-state index is -1.13. The predicted molar refractivity (Wildman–Crippen MR) is 211 cm³/mol. The van der Waals surface area contributed by atoms with Gasteiger partial charge in [0.25, 0.3) is 0 Å². The number of Topliss-reactive ketones (excluding diaryl/α,β-unsaturated/α-hetero) is 1. The molecule has 4 fully saturated rings. The highest BCUT2D eigenvalue weighted by atomic mass is 28.3. The first-order chi connectivity index (χ1) is 24.3. The van der Waals surface area contributed by atoms with E-state index in [1.165, 1.54) is 62.7 Å². The van der Waals surface area contributed by atoms with Crippen LogP contribution in [0.3, 0.4) is 0 Å². The number of aromatic nitrogens is 3. The number of nitriles is 1. The fourth-order valence-corrected chi connectivity index (χ4v) is 9.93. The summed E-state index contributed by atoms with van der Waals surface area (Å²) < 4.78 is 14.3. The normalized spacial score (nSPS) is 26.0. The molecule has 280 valence electrons. The molecule has 4 aliphatic carbocycles. The van der Waals surface area contributed by atoms with Gasteiger partial charge in [-0.2, -0.15) is 14.9 Å². The molecule has 4 bridgehead atoms. The Balaban J connectivity index is 0.000000226. The van der Waals surface area contributed by atoms with Crippen LogP contribution in [0, 0.1) is 40.9 Å². The van der Waals surface area contributed by atoms with Crippen LogP contribution in [0.1, 0.15) is 69.4 Å². The largest absolute Gasteiger partial charge is 0.400 e. The molecule has 3 heterocycles. The molecule has 5 aliphatic rings. The van der Waals surface area contributed by atoms with E-state index < -0.39 is 16.1 Å². The molecule has 0 saturated heterocycles. The molecule has 0 spiro atoms. The van der Waals surface area contributed by atoms with Crippen LogP contribution in [-0.2, 0) is 14.3 Å². The second-order valence-corrected chi connectivity index (χ2v) is 29.2. The zero-order chi connectivity index (χ0) is 36.6. The summed E-state index contributed by atoms with van der Waals surface area (Å²) in [6.07, 6.45) is 15.8. The number of carbonyl (C=O) groups excluding carboxylic acids is 1. The number of nitrogens with zero attached hydrogens (tertiary/aromatic N) is 6. The van der Waals surface area contributed by atoms with E-state index in [2.05, 4.69) is 60.3 Å². The fraction of sp³-hybridized carbons (Fsp3) is 0.718. The van der Waals surface area contributed by atoms with Crippen LogP contribution in [0.2, 0.25) is 51.4 Å². The van der Waals surface area contributed by atoms with Gasteiger partial charge < -0.3 is 20.1 Å². The summed E-state index contributed by atoms with van der Waals surface area (Å²) in [5, 5.41) is 13.0. The fourth-order valence-electron chi connectivity index (χ4n) is 8.42. The molecule has 12 heteroatoms. The monoisotopic (exact) mass is 733 g/mol. The number of allylic oxidation sites excluding steroid dienone is 1. The molecular weight excluding hydrogens is 671 g/mol. The van der Waals surface area contributed by atoms with E-state index in [1.54, 1.807) is 12.3 Å². The van der Waals surface area contributed by atoms with Crippen molar-refractivity contribution in [3.63, 3.8) is 0 Å². The van der Waals surface area contributed by atoms with Crippen molar-refractivity contribution in [1.29, 1.82) is 5.26 Å². The number of aliphatic imine (C=N–C) groups is 1. The summed E-state index contributed by atoms with van der Waals surface area (Å²) in [5.74, 6) is 5.23. The molecule has 6 atom stereocenters.